The number of hydrogen-bond donors (Lipinski definition) is 2. The van der Waals surface area contributed by atoms with Gasteiger partial charge in [0.05, 0.1) is 0 Å². The molecule has 3 aromatic rings. The Morgan fingerprint density at radius 3 is 2.42 bits per heavy atom. The maximum atomic E-state index is 13.1. The Morgan fingerprint density at radius 1 is 0.968 bits per heavy atom. The topological polar surface area (TPSA) is 58.2 Å². The molecular weight excluding hydrogens is 391 g/mol. The van der Waals surface area contributed by atoms with Crippen molar-refractivity contribution in [3.05, 3.63) is 78.1 Å². The Morgan fingerprint density at radius 2 is 1.68 bits per heavy atom. The van der Waals surface area contributed by atoms with Gasteiger partial charge in [0.25, 0.3) is 5.91 Å². The molecule has 2 bridgehead atoms. The van der Waals surface area contributed by atoms with Gasteiger partial charge in [-0.15, -0.1) is 0 Å². The minimum Gasteiger partial charge on any atom is -0.347 e. The minimum absolute atomic E-state index is 0.0479. The van der Waals surface area contributed by atoms with E-state index in [1.54, 1.807) is 12.1 Å². The molecule has 0 unspecified atom stereocenters. The highest BCUT2D eigenvalue weighted by molar-refractivity contribution is 5.99. The molecule has 5 heteroatoms. The molecule has 0 saturated heterocycles. The molecule has 2 atom stereocenters. The van der Waals surface area contributed by atoms with Crippen LogP contribution in [0.3, 0.4) is 0 Å². The summed E-state index contributed by atoms with van der Waals surface area (Å²) in [5.41, 5.74) is 1.06. The Labute approximate surface area is 180 Å². The summed E-state index contributed by atoms with van der Waals surface area (Å²) in [6.45, 7) is 1.95. The van der Waals surface area contributed by atoms with Gasteiger partial charge in [-0.2, -0.15) is 0 Å². The van der Waals surface area contributed by atoms with Crippen molar-refractivity contribution in [2.24, 2.45) is 17.8 Å². The second-order valence-electron chi connectivity index (χ2n) is 9.12. The predicted octanol–water partition coefficient (Wildman–Crippen LogP) is 5.15. The zero-order valence-corrected chi connectivity index (χ0v) is 17.4. The number of fused-ring (bicyclic) bond motifs is 2. The van der Waals surface area contributed by atoms with Crippen molar-refractivity contribution in [2.45, 2.75) is 31.7 Å². The highest BCUT2D eigenvalue weighted by Crippen LogP contribution is 2.58. The van der Waals surface area contributed by atoms with Gasteiger partial charge in [0.2, 0.25) is 5.91 Å². The number of carbonyl (C=O) groups excluding carboxylic acids is 2. The summed E-state index contributed by atoms with van der Waals surface area (Å²) >= 11 is 0. The van der Waals surface area contributed by atoms with Gasteiger partial charge < -0.3 is 10.6 Å². The Kier molecular flexibility index (Phi) is 4.77. The summed E-state index contributed by atoms with van der Waals surface area (Å²) in [5, 5.41) is 8.32. The molecule has 2 N–H and O–H groups in total. The Balaban J connectivity index is 1.23. The van der Waals surface area contributed by atoms with E-state index < -0.39 is 0 Å². The summed E-state index contributed by atoms with van der Waals surface area (Å²) < 4.78 is 13.1. The van der Waals surface area contributed by atoms with Crippen LogP contribution in [0.1, 0.15) is 36.5 Å². The molecule has 3 aliphatic carbocycles. The van der Waals surface area contributed by atoms with Crippen molar-refractivity contribution in [3.63, 3.8) is 0 Å². The monoisotopic (exact) mass is 416 g/mol. The van der Waals surface area contributed by atoms with Gasteiger partial charge in [0.15, 0.2) is 0 Å². The van der Waals surface area contributed by atoms with Crippen LogP contribution in [0.5, 0.6) is 0 Å². The molecule has 3 aliphatic rings. The molecule has 0 spiro atoms. The summed E-state index contributed by atoms with van der Waals surface area (Å²) in [6.07, 6.45) is 2.66. The molecule has 158 valence electrons. The first-order chi connectivity index (χ1) is 14.9. The summed E-state index contributed by atoms with van der Waals surface area (Å²) in [7, 11) is 0. The maximum Gasteiger partial charge on any atom is 0.251 e. The first-order valence-electron chi connectivity index (χ1n) is 10.8. The second-order valence-corrected chi connectivity index (χ2v) is 9.12. The van der Waals surface area contributed by atoms with Crippen LogP contribution >= 0.6 is 0 Å². The average molecular weight is 416 g/mol. The highest BCUT2D eigenvalue weighted by Gasteiger charge is 2.58. The van der Waals surface area contributed by atoms with Gasteiger partial charge in [-0.1, -0.05) is 37.3 Å². The number of nitrogens with one attached hydrogen (secondary N) is 2. The lowest BCUT2D eigenvalue weighted by Gasteiger charge is -2.39. The molecular formula is C26H25FN2O2. The smallest absolute Gasteiger partial charge is 0.251 e. The van der Waals surface area contributed by atoms with E-state index in [4.69, 9.17) is 0 Å². The Bertz CT molecular complexity index is 1150. The number of carbonyl (C=O) groups is 2. The zero-order chi connectivity index (χ0) is 21.6. The van der Waals surface area contributed by atoms with E-state index in [2.05, 4.69) is 10.6 Å². The van der Waals surface area contributed by atoms with Gasteiger partial charge in [-0.3, -0.25) is 9.59 Å². The third-order valence-electron chi connectivity index (χ3n) is 7.10. The first-order valence-corrected chi connectivity index (χ1v) is 10.8. The van der Waals surface area contributed by atoms with Crippen LogP contribution in [0.15, 0.2) is 66.7 Å². The van der Waals surface area contributed by atoms with Crippen LogP contribution < -0.4 is 10.6 Å². The SMILES string of the molecule is C[C@H](C(=O)Nc1ccc(F)cc1)[C@@H]1CC2(NC(=O)c3ccc4ccccc4c3)CC1C2. The number of amides is 2. The molecule has 0 aliphatic heterocycles. The summed E-state index contributed by atoms with van der Waals surface area (Å²) in [6, 6.07) is 19.6. The van der Waals surface area contributed by atoms with Crippen LogP contribution in [0.4, 0.5) is 10.1 Å². The molecule has 2 amide bonds. The lowest BCUT2D eigenvalue weighted by molar-refractivity contribution is -0.121. The summed E-state index contributed by atoms with van der Waals surface area (Å²) in [5.74, 6) is 0.0837. The third-order valence-corrected chi connectivity index (χ3v) is 7.10. The quantitative estimate of drug-likeness (QED) is 0.604. The van der Waals surface area contributed by atoms with Crippen molar-refractivity contribution in [1.82, 2.24) is 5.32 Å². The van der Waals surface area contributed by atoms with Crippen LogP contribution in [-0.2, 0) is 4.79 Å². The van der Waals surface area contributed by atoms with Crippen molar-refractivity contribution in [1.29, 1.82) is 0 Å². The summed E-state index contributed by atoms with van der Waals surface area (Å²) in [4.78, 5) is 25.7. The van der Waals surface area contributed by atoms with E-state index in [1.807, 2.05) is 49.4 Å². The van der Waals surface area contributed by atoms with Crippen molar-refractivity contribution < 1.29 is 14.0 Å². The van der Waals surface area contributed by atoms with Crippen LogP contribution in [-0.4, -0.2) is 17.4 Å². The predicted molar refractivity (Wildman–Crippen MR) is 119 cm³/mol. The van der Waals surface area contributed by atoms with Gasteiger partial charge >= 0.3 is 0 Å². The minimum atomic E-state index is -0.327. The first kappa shape index (κ1) is 19.7. The number of anilines is 1. The normalized spacial score (nSPS) is 25.0. The number of hydrogen-bond acceptors (Lipinski definition) is 2. The van der Waals surface area contributed by atoms with Crippen molar-refractivity contribution in [3.8, 4) is 0 Å². The fraction of sp³-hybridized carbons (Fsp3) is 0.308. The highest BCUT2D eigenvalue weighted by atomic mass is 19.1. The van der Waals surface area contributed by atoms with Gasteiger partial charge in [-0.05, 0) is 78.3 Å². The zero-order valence-electron chi connectivity index (χ0n) is 17.4. The molecule has 0 aromatic heterocycles. The number of benzene rings is 3. The molecule has 6 rings (SSSR count). The van der Waals surface area contributed by atoms with Gasteiger partial charge in [0, 0.05) is 22.7 Å². The van der Waals surface area contributed by atoms with Crippen LogP contribution in [0.2, 0.25) is 0 Å². The second kappa shape index (κ2) is 7.49. The standard InChI is InChI=1S/C26H25FN2O2/c1-16(24(30)28-22-10-8-21(27)9-11-22)23-15-26(13-20(23)14-26)29-25(31)19-7-6-17-4-2-3-5-18(17)12-19/h2-12,16,20,23H,13-15H2,1H3,(H,28,30)(H,29,31)/t16-,20?,23-,26?/m0/s1. The Hall–Kier alpha value is -3.21. The van der Waals surface area contributed by atoms with E-state index in [9.17, 15) is 14.0 Å². The van der Waals surface area contributed by atoms with E-state index in [0.29, 0.717) is 17.2 Å². The largest absolute Gasteiger partial charge is 0.347 e. The average Bonchev–Trinajstić information content (AvgIpc) is 3.30. The lowest BCUT2D eigenvalue weighted by atomic mass is 9.74. The van der Waals surface area contributed by atoms with Gasteiger partial charge in [0.1, 0.15) is 5.82 Å². The fourth-order valence-electron chi connectivity index (χ4n) is 5.40. The molecule has 3 fully saturated rings. The molecule has 31 heavy (non-hydrogen) atoms. The maximum absolute atomic E-state index is 13.1. The molecule has 4 nitrogen and oxygen atoms in total. The third kappa shape index (κ3) is 3.69. The number of halogens is 1. The van der Waals surface area contributed by atoms with E-state index in [0.717, 1.165) is 30.0 Å². The van der Waals surface area contributed by atoms with Crippen molar-refractivity contribution in [2.75, 3.05) is 5.32 Å². The molecule has 3 aromatic carbocycles. The fourth-order valence-corrected chi connectivity index (χ4v) is 5.40. The van der Waals surface area contributed by atoms with E-state index in [-0.39, 0.29) is 35.0 Å². The van der Waals surface area contributed by atoms with E-state index in [1.165, 1.54) is 12.1 Å². The molecule has 0 heterocycles. The lowest BCUT2D eigenvalue weighted by Crippen LogP contribution is -2.51. The molecule has 0 radical (unpaired) electrons. The van der Waals surface area contributed by atoms with Crippen LogP contribution in [0, 0.1) is 23.6 Å². The van der Waals surface area contributed by atoms with E-state index >= 15 is 0 Å². The number of rotatable bonds is 5. The van der Waals surface area contributed by atoms with Crippen LogP contribution in [0.25, 0.3) is 10.8 Å². The molecule has 3 saturated carbocycles. The van der Waals surface area contributed by atoms with Gasteiger partial charge in [-0.25, -0.2) is 4.39 Å². The van der Waals surface area contributed by atoms with Crippen molar-refractivity contribution >= 4 is 28.3 Å².